The molecule has 0 spiro atoms. The van der Waals surface area contributed by atoms with Gasteiger partial charge in [0, 0.05) is 24.7 Å². The number of likely N-dealkylation sites (tertiary alicyclic amines) is 1. The number of nitrogens with zero attached hydrogens (tertiary/aromatic N) is 2. The molecule has 1 heterocycles. The molecule has 2 rings (SSSR count). The van der Waals surface area contributed by atoms with Gasteiger partial charge in [0.2, 0.25) is 0 Å². The van der Waals surface area contributed by atoms with Crippen LogP contribution in [-0.2, 0) is 0 Å². The average Bonchev–Trinajstić information content (AvgIpc) is 2.86. The van der Waals surface area contributed by atoms with Crippen molar-refractivity contribution in [1.82, 2.24) is 9.80 Å². The van der Waals surface area contributed by atoms with Crippen molar-refractivity contribution in [2.75, 3.05) is 33.2 Å². The van der Waals surface area contributed by atoms with Crippen molar-refractivity contribution in [3.63, 3.8) is 0 Å². The normalized spacial score (nSPS) is 37.1. The van der Waals surface area contributed by atoms with E-state index in [0.717, 1.165) is 18.5 Å². The lowest BCUT2D eigenvalue weighted by Gasteiger charge is -2.49. The lowest BCUT2D eigenvalue weighted by atomic mass is 9.72. The van der Waals surface area contributed by atoms with Gasteiger partial charge in [0.1, 0.15) is 0 Å². The molecule has 0 aromatic rings. The smallest absolute Gasteiger partial charge is 0.0354 e. The summed E-state index contributed by atoms with van der Waals surface area (Å²) in [5, 5.41) is 0. The van der Waals surface area contributed by atoms with Crippen LogP contribution in [0.15, 0.2) is 0 Å². The third kappa shape index (κ3) is 2.98. The van der Waals surface area contributed by atoms with E-state index in [2.05, 4.69) is 30.7 Å². The molecule has 1 aliphatic carbocycles. The maximum absolute atomic E-state index is 6.22. The first-order chi connectivity index (χ1) is 9.14. The van der Waals surface area contributed by atoms with Gasteiger partial charge in [0.15, 0.2) is 0 Å². The molecule has 3 heteroatoms. The highest BCUT2D eigenvalue weighted by atomic mass is 15.3. The first-order valence-corrected chi connectivity index (χ1v) is 8.29. The van der Waals surface area contributed by atoms with Gasteiger partial charge in [-0.05, 0) is 51.7 Å². The Morgan fingerprint density at radius 3 is 2.68 bits per heavy atom. The van der Waals surface area contributed by atoms with Crippen LogP contribution in [0.25, 0.3) is 0 Å². The molecule has 2 fully saturated rings. The van der Waals surface area contributed by atoms with E-state index in [4.69, 9.17) is 5.73 Å². The van der Waals surface area contributed by atoms with Crippen molar-refractivity contribution < 1.29 is 0 Å². The number of nitrogens with two attached hydrogens (primary N) is 1. The Morgan fingerprint density at radius 2 is 2.05 bits per heavy atom. The summed E-state index contributed by atoms with van der Waals surface area (Å²) in [6.07, 6.45) is 8.13. The highest BCUT2D eigenvalue weighted by Crippen LogP contribution is 2.37. The fraction of sp³-hybridized carbons (Fsp3) is 1.00. The lowest BCUT2D eigenvalue weighted by Crippen LogP contribution is -2.60. The summed E-state index contributed by atoms with van der Waals surface area (Å²) in [5.74, 6) is 0.743. The van der Waals surface area contributed by atoms with Crippen molar-refractivity contribution in [3.8, 4) is 0 Å². The van der Waals surface area contributed by atoms with Gasteiger partial charge < -0.3 is 5.73 Å². The van der Waals surface area contributed by atoms with Gasteiger partial charge in [-0.15, -0.1) is 0 Å². The fourth-order valence-electron chi connectivity index (χ4n) is 4.44. The van der Waals surface area contributed by atoms with Gasteiger partial charge in [-0.3, -0.25) is 9.80 Å². The van der Waals surface area contributed by atoms with Crippen LogP contribution in [0.3, 0.4) is 0 Å². The van der Waals surface area contributed by atoms with Crippen LogP contribution >= 0.6 is 0 Å². The molecule has 3 unspecified atom stereocenters. The van der Waals surface area contributed by atoms with Crippen molar-refractivity contribution in [1.29, 1.82) is 0 Å². The Labute approximate surface area is 119 Å². The molecular weight excluding hydrogens is 234 g/mol. The standard InChI is InChI=1S/C16H33N3/c1-4-19-11-7-9-15(19)12-18(3)16(13-17)10-6-5-8-14(16)2/h14-15H,4-13,17H2,1-3H3. The summed E-state index contributed by atoms with van der Waals surface area (Å²) < 4.78 is 0. The Hall–Kier alpha value is -0.120. The third-order valence-corrected chi connectivity index (χ3v) is 5.92. The zero-order valence-electron chi connectivity index (χ0n) is 13.2. The predicted octanol–water partition coefficient (Wildman–Crippen LogP) is 2.31. The molecule has 0 radical (unpaired) electrons. The second-order valence-electron chi connectivity index (χ2n) is 6.76. The summed E-state index contributed by atoms with van der Waals surface area (Å²) in [4.78, 5) is 5.27. The monoisotopic (exact) mass is 267 g/mol. The fourth-order valence-corrected chi connectivity index (χ4v) is 4.44. The minimum atomic E-state index is 0.264. The topological polar surface area (TPSA) is 32.5 Å². The van der Waals surface area contributed by atoms with Crippen molar-refractivity contribution in [2.24, 2.45) is 11.7 Å². The van der Waals surface area contributed by atoms with E-state index in [0.29, 0.717) is 0 Å². The molecule has 0 amide bonds. The zero-order chi connectivity index (χ0) is 13.9. The molecule has 0 bridgehead atoms. The van der Waals surface area contributed by atoms with Gasteiger partial charge >= 0.3 is 0 Å². The average molecular weight is 267 g/mol. The van der Waals surface area contributed by atoms with Crippen molar-refractivity contribution >= 4 is 0 Å². The molecule has 0 aromatic heterocycles. The molecule has 19 heavy (non-hydrogen) atoms. The Morgan fingerprint density at radius 1 is 1.26 bits per heavy atom. The maximum atomic E-state index is 6.22. The van der Waals surface area contributed by atoms with Crippen LogP contribution in [0.5, 0.6) is 0 Å². The van der Waals surface area contributed by atoms with E-state index >= 15 is 0 Å². The minimum Gasteiger partial charge on any atom is -0.329 e. The van der Waals surface area contributed by atoms with Gasteiger partial charge in [-0.1, -0.05) is 26.7 Å². The van der Waals surface area contributed by atoms with Crippen LogP contribution < -0.4 is 5.73 Å². The molecule has 1 aliphatic heterocycles. The van der Waals surface area contributed by atoms with Crippen LogP contribution in [0, 0.1) is 5.92 Å². The Balaban J connectivity index is 2.01. The number of hydrogen-bond donors (Lipinski definition) is 1. The number of hydrogen-bond acceptors (Lipinski definition) is 3. The molecule has 3 nitrogen and oxygen atoms in total. The highest BCUT2D eigenvalue weighted by molar-refractivity contribution is 4.98. The number of rotatable bonds is 5. The summed E-state index contributed by atoms with van der Waals surface area (Å²) in [7, 11) is 2.32. The van der Waals surface area contributed by atoms with Gasteiger partial charge in [-0.25, -0.2) is 0 Å². The molecule has 0 aromatic carbocycles. The SMILES string of the molecule is CCN1CCCC1CN(C)C1(CN)CCCCC1C. The predicted molar refractivity (Wildman–Crippen MR) is 82.3 cm³/mol. The van der Waals surface area contributed by atoms with Crippen molar-refractivity contribution in [3.05, 3.63) is 0 Å². The Kier molecular flexibility index (Phi) is 5.27. The summed E-state index contributed by atoms with van der Waals surface area (Å²) >= 11 is 0. The van der Waals surface area contributed by atoms with Crippen molar-refractivity contribution in [2.45, 2.75) is 64.0 Å². The second-order valence-corrected chi connectivity index (χ2v) is 6.76. The molecule has 1 saturated heterocycles. The summed E-state index contributed by atoms with van der Waals surface area (Å²) in [6.45, 7) is 9.22. The second kappa shape index (κ2) is 6.55. The Bertz CT molecular complexity index is 281. The summed E-state index contributed by atoms with van der Waals surface area (Å²) in [5.41, 5.74) is 6.48. The first-order valence-electron chi connectivity index (χ1n) is 8.29. The number of likely N-dealkylation sites (N-methyl/N-ethyl adjacent to an activating group) is 2. The molecule has 1 saturated carbocycles. The zero-order valence-corrected chi connectivity index (χ0v) is 13.2. The summed E-state index contributed by atoms with van der Waals surface area (Å²) in [6, 6.07) is 0.757. The lowest BCUT2D eigenvalue weighted by molar-refractivity contribution is 0.0179. The maximum Gasteiger partial charge on any atom is 0.0354 e. The largest absolute Gasteiger partial charge is 0.329 e. The highest BCUT2D eigenvalue weighted by Gasteiger charge is 2.41. The third-order valence-electron chi connectivity index (χ3n) is 5.92. The van der Waals surface area contributed by atoms with E-state index in [9.17, 15) is 0 Å². The molecule has 112 valence electrons. The van der Waals surface area contributed by atoms with Gasteiger partial charge in [-0.2, -0.15) is 0 Å². The van der Waals surface area contributed by atoms with E-state index in [-0.39, 0.29) is 5.54 Å². The minimum absolute atomic E-state index is 0.264. The van der Waals surface area contributed by atoms with Gasteiger partial charge in [0.05, 0.1) is 0 Å². The molecule has 2 aliphatic rings. The quantitative estimate of drug-likeness (QED) is 0.829. The molecular formula is C16H33N3. The van der Waals surface area contributed by atoms with E-state index in [1.807, 2.05) is 0 Å². The molecule has 2 N–H and O–H groups in total. The van der Waals surface area contributed by atoms with E-state index in [1.54, 1.807) is 0 Å². The van der Waals surface area contributed by atoms with Crippen LogP contribution in [0.2, 0.25) is 0 Å². The van der Waals surface area contributed by atoms with Gasteiger partial charge in [0.25, 0.3) is 0 Å². The van der Waals surface area contributed by atoms with E-state index in [1.165, 1.54) is 58.2 Å². The van der Waals surface area contributed by atoms with Crippen LogP contribution in [0.1, 0.15) is 52.4 Å². The van der Waals surface area contributed by atoms with E-state index < -0.39 is 0 Å². The first kappa shape index (κ1) is 15.3. The molecule has 3 atom stereocenters. The van der Waals surface area contributed by atoms with Crippen LogP contribution in [0.4, 0.5) is 0 Å². The van der Waals surface area contributed by atoms with Crippen LogP contribution in [-0.4, -0.2) is 54.6 Å².